The molecule has 3 aromatic rings. The molecule has 1 amide bonds. The van der Waals surface area contributed by atoms with Gasteiger partial charge in [0, 0.05) is 16.4 Å². The summed E-state index contributed by atoms with van der Waals surface area (Å²) in [5, 5.41) is 19.2. The normalized spacial score (nSPS) is 11.6. The van der Waals surface area contributed by atoms with Gasteiger partial charge in [-0.15, -0.1) is 10.2 Å². The van der Waals surface area contributed by atoms with Gasteiger partial charge >= 0.3 is 5.91 Å². The second kappa shape index (κ2) is 8.56. The van der Waals surface area contributed by atoms with Crippen molar-refractivity contribution in [1.82, 2.24) is 4.57 Å². The van der Waals surface area contributed by atoms with Gasteiger partial charge in [0.1, 0.15) is 5.75 Å². The SMILES string of the molecule is Cc1ccc2c(c1)c(N=NC(=O)COc1ccc(Br)cc1)c(O)n2CC(C)C. The molecule has 6 nitrogen and oxygen atoms in total. The summed E-state index contributed by atoms with van der Waals surface area (Å²) in [7, 11) is 0. The van der Waals surface area contributed by atoms with E-state index >= 15 is 0 Å². The number of ether oxygens (including phenoxy) is 1. The largest absolute Gasteiger partial charge is 0.493 e. The first kappa shape index (κ1) is 20.1. The van der Waals surface area contributed by atoms with E-state index in [4.69, 9.17) is 4.74 Å². The number of hydrogen-bond acceptors (Lipinski definition) is 4. The van der Waals surface area contributed by atoms with E-state index in [9.17, 15) is 9.90 Å². The van der Waals surface area contributed by atoms with Crippen LogP contribution in [0, 0.1) is 12.8 Å². The quantitative estimate of drug-likeness (QED) is 0.491. The maximum Gasteiger partial charge on any atom is 0.302 e. The van der Waals surface area contributed by atoms with E-state index < -0.39 is 5.91 Å². The molecule has 0 unspecified atom stereocenters. The van der Waals surface area contributed by atoms with Gasteiger partial charge in [-0.3, -0.25) is 4.79 Å². The first-order chi connectivity index (χ1) is 13.3. The highest BCUT2D eigenvalue weighted by Crippen LogP contribution is 2.39. The zero-order valence-electron chi connectivity index (χ0n) is 16.0. The molecule has 1 N–H and O–H groups in total. The number of aryl methyl sites for hydroxylation is 1. The van der Waals surface area contributed by atoms with Crippen LogP contribution in [-0.2, 0) is 11.3 Å². The van der Waals surface area contributed by atoms with Gasteiger partial charge in [0.25, 0.3) is 0 Å². The molecular weight excluding hydrogens is 422 g/mol. The van der Waals surface area contributed by atoms with Crippen molar-refractivity contribution in [2.75, 3.05) is 6.61 Å². The molecule has 0 aliphatic rings. The lowest BCUT2D eigenvalue weighted by Gasteiger charge is -2.09. The van der Waals surface area contributed by atoms with Crippen LogP contribution in [-0.4, -0.2) is 22.2 Å². The highest BCUT2D eigenvalue weighted by Gasteiger charge is 2.18. The second-order valence-electron chi connectivity index (χ2n) is 7.03. The summed E-state index contributed by atoms with van der Waals surface area (Å²) in [4.78, 5) is 12.1. The third-order valence-corrected chi connectivity index (χ3v) is 4.68. The zero-order chi connectivity index (χ0) is 20.3. The third kappa shape index (κ3) is 4.59. The molecule has 1 aromatic heterocycles. The minimum Gasteiger partial charge on any atom is -0.493 e. The minimum absolute atomic E-state index is 0.0136. The molecular formula is C21H22BrN3O3. The van der Waals surface area contributed by atoms with Crippen LogP contribution in [0.5, 0.6) is 11.6 Å². The van der Waals surface area contributed by atoms with Crippen LogP contribution >= 0.6 is 15.9 Å². The van der Waals surface area contributed by atoms with Gasteiger partial charge in [0.2, 0.25) is 5.88 Å². The molecule has 0 saturated heterocycles. The summed E-state index contributed by atoms with van der Waals surface area (Å²) in [5.41, 5.74) is 2.20. The van der Waals surface area contributed by atoms with Gasteiger partial charge in [0.05, 0.1) is 5.52 Å². The summed E-state index contributed by atoms with van der Waals surface area (Å²) in [5.74, 6) is 0.395. The first-order valence-electron chi connectivity index (χ1n) is 9.00. The van der Waals surface area contributed by atoms with Gasteiger partial charge in [-0.25, -0.2) is 0 Å². The molecule has 7 heteroatoms. The number of fused-ring (bicyclic) bond motifs is 1. The van der Waals surface area contributed by atoms with E-state index in [1.54, 1.807) is 16.7 Å². The standard InChI is InChI=1S/C21H22BrN3O3/c1-13(2)11-25-18-9-4-14(3)10-17(18)20(21(25)27)24-23-19(26)12-28-16-7-5-15(22)6-8-16/h4-10,13,27H,11-12H2,1-3H3. The lowest BCUT2D eigenvalue weighted by Crippen LogP contribution is -2.07. The fraction of sp³-hybridized carbons (Fsp3) is 0.286. The van der Waals surface area contributed by atoms with Crippen LogP contribution in [0.1, 0.15) is 19.4 Å². The average Bonchev–Trinajstić information content (AvgIpc) is 2.90. The lowest BCUT2D eigenvalue weighted by atomic mass is 10.1. The monoisotopic (exact) mass is 443 g/mol. The van der Waals surface area contributed by atoms with Gasteiger partial charge < -0.3 is 14.4 Å². The van der Waals surface area contributed by atoms with Crippen molar-refractivity contribution in [1.29, 1.82) is 0 Å². The Bertz CT molecular complexity index is 1020. The van der Waals surface area contributed by atoms with Crippen molar-refractivity contribution in [2.24, 2.45) is 16.1 Å². The smallest absolute Gasteiger partial charge is 0.302 e. The predicted molar refractivity (Wildman–Crippen MR) is 112 cm³/mol. The maximum atomic E-state index is 12.1. The Hall–Kier alpha value is -2.67. The van der Waals surface area contributed by atoms with Crippen molar-refractivity contribution in [3.63, 3.8) is 0 Å². The number of aromatic hydroxyl groups is 1. The Morgan fingerprint density at radius 1 is 1.21 bits per heavy atom. The Morgan fingerprint density at radius 3 is 2.61 bits per heavy atom. The number of nitrogens with zero attached hydrogens (tertiary/aromatic N) is 3. The molecule has 2 aromatic carbocycles. The maximum absolute atomic E-state index is 12.1. The third-order valence-electron chi connectivity index (χ3n) is 4.15. The van der Waals surface area contributed by atoms with E-state index in [-0.39, 0.29) is 12.5 Å². The summed E-state index contributed by atoms with van der Waals surface area (Å²) < 4.78 is 8.14. The Kier molecular flexibility index (Phi) is 6.14. The molecule has 3 rings (SSSR count). The molecule has 146 valence electrons. The molecule has 1 heterocycles. The van der Waals surface area contributed by atoms with Crippen LogP contribution in [0.4, 0.5) is 5.69 Å². The first-order valence-corrected chi connectivity index (χ1v) is 9.79. The fourth-order valence-electron chi connectivity index (χ4n) is 2.90. The molecule has 0 aliphatic heterocycles. The summed E-state index contributed by atoms with van der Waals surface area (Å²) in [6, 6.07) is 13.0. The molecule has 0 aliphatic carbocycles. The average molecular weight is 444 g/mol. The molecule has 0 spiro atoms. The van der Waals surface area contributed by atoms with Crippen molar-refractivity contribution in [3.8, 4) is 11.6 Å². The number of hydrogen-bond donors (Lipinski definition) is 1. The van der Waals surface area contributed by atoms with E-state index in [0.717, 1.165) is 20.9 Å². The van der Waals surface area contributed by atoms with Gasteiger partial charge in [-0.1, -0.05) is 41.4 Å². The molecule has 0 radical (unpaired) electrons. The van der Waals surface area contributed by atoms with Crippen LogP contribution < -0.4 is 4.74 Å². The number of carbonyl (C=O) groups excluding carboxylic acids is 1. The highest BCUT2D eigenvalue weighted by molar-refractivity contribution is 9.10. The van der Waals surface area contributed by atoms with Crippen LogP contribution in [0.25, 0.3) is 10.9 Å². The molecule has 0 fully saturated rings. The second-order valence-corrected chi connectivity index (χ2v) is 7.95. The van der Waals surface area contributed by atoms with E-state index in [1.165, 1.54) is 0 Å². The summed E-state index contributed by atoms with van der Waals surface area (Å²) in [6.07, 6.45) is 0. The fourth-order valence-corrected chi connectivity index (χ4v) is 3.16. The van der Waals surface area contributed by atoms with E-state index in [1.807, 2.05) is 37.3 Å². The number of azo groups is 1. The number of halogens is 1. The Labute approximate surface area is 172 Å². The predicted octanol–water partition coefficient (Wildman–Crippen LogP) is 5.76. The molecule has 0 bridgehead atoms. The topological polar surface area (TPSA) is 76.2 Å². The molecule has 0 saturated carbocycles. The van der Waals surface area contributed by atoms with Crippen LogP contribution in [0.15, 0.2) is 57.2 Å². The zero-order valence-corrected chi connectivity index (χ0v) is 17.6. The Balaban J connectivity index is 1.82. The number of amides is 1. The van der Waals surface area contributed by atoms with Crippen LogP contribution in [0.2, 0.25) is 0 Å². The highest BCUT2D eigenvalue weighted by atomic mass is 79.9. The van der Waals surface area contributed by atoms with Crippen molar-refractivity contribution in [2.45, 2.75) is 27.3 Å². The van der Waals surface area contributed by atoms with Crippen molar-refractivity contribution in [3.05, 3.63) is 52.5 Å². The minimum atomic E-state index is -0.528. The van der Waals surface area contributed by atoms with Crippen molar-refractivity contribution >= 4 is 38.4 Å². The van der Waals surface area contributed by atoms with E-state index in [0.29, 0.717) is 23.9 Å². The van der Waals surface area contributed by atoms with Crippen LogP contribution in [0.3, 0.4) is 0 Å². The van der Waals surface area contributed by atoms with Gasteiger partial charge in [-0.2, -0.15) is 0 Å². The number of benzene rings is 2. The lowest BCUT2D eigenvalue weighted by molar-refractivity contribution is -0.120. The molecule has 0 atom stereocenters. The number of carbonyl (C=O) groups is 1. The Morgan fingerprint density at radius 2 is 1.93 bits per heavy atom. The number of aromatic nitrogens is 1. The van der Waals surface area contributed by atoms with E-state index in [2.05, 4.69) is 40.0 Å². The molecule has 28 heavy (non-hydrogen) atoms. The number of rotatable bonds is 6. The van der Waals surface area contributed by atoms with Gasteiger partial charge in [-0.05, 0) is 49.2 Å². The summed E-state index contributed by atoms with van der Waals surface area (Å²) >= 11 is 3.34. The van der Waals surface area contributed by atoms with Crippen molar-refractivity contribution < 1.29 is 14.6 Å². The van der Waals surface area contributed by atoms with Gasteiger partial charge in [0.15, 0.2) is 12.3 Å². The summed E-state index contributed by atoms with van der Waals surface area (Å²) in [6.45, 7) is 6.53.